The molecule has 17 heavy (non-hydrogen) atoms. The maximum absolute atomic E-state index is 5.29. The molecule has 3 rings (SSSR count). The molecule has 4 nitrogen and oxygen atoms in total. The third kappa shape index (κ3) is 2.08. The molecule has 1 aliphatic rings. The van der Waals surface area contributed by atoms with E-state index in [9.17, 15) is 0 Å². The highest BCUT2D eigenvalue weighted by Gasteiger charge is 2.43. The second kappa shape index (κ2) is 4.30. The molecule has 0 spiro atoms. The zero-order valence-electron chi connectivity index (χ0n) is 9.76. The minimum atomic E-state index is 0.413. The van der Waals surface area contributed by atoms with E-state index in [0.29, 0.717) is 18.4 Å². The fourth-order valence-electron chi connectivity index (χ4n) is 2.18. The molecular weight excluding hydrogens is 214 g/mol. The minimum absolute atomic E-state index is 0.413. The summed E-state index contributed by atoms with van der Waals surface area (Å²) in [4.78, 5) is 4.40. The standard InChI is InChI=1S/C13H15N3O/c1-14-8-12-15-13(17-16-12)11-7-10(11)9-5-3-2-4-6-9/h2-6,10-11,14H,7-8H2,1H3. The van der Waals surface area contributed by atoms with E-state index in [4.69, 9.17) is 4.52 Å². The lowest BCUT2D eigenvalue weighted by atomic mass is 10.1. The number of nitrogens with zero attached hydrogens (tertiary/aromatic N) is 2. The van der Waals surface area contributed by atoms with Crippen molar-refractivity contribution in [3.63, 3.8) is 0 Å². The number of aromatic nitrogens is 2. The Morgan fingerprint density at radius 1 is 1.29 bits per heavy atom. The Kier molecular flexibility index (Phi) is 2.65. The molecule has 1 saturated carbocycles. The quantitative estimate of drug-likeness (QED) is 0.871. The zero-order chi connectivity index (χ0) is 11.7. The molecule has 0 saturated heterocycles. The average molecular weight is 229 g/mol. The summed E-state index contributed by atoms with van der Waals surface area (Å²) in [6.45, 7) is 0.659. The van der Waals surface area contributed by atoms with E-state index in [-0.39, 0.29) is 0 Å². The van der Waals surface area contributed by atoms with Gasteiger partial charge in [0.2, 0.25) is 5.89 Å². The van der Waals surface area contributed by atoms with Crippen molar-refractivity contribution < 1.29 is 4.52 Å². The molecule has 1 fully saturated rings. The van der Waals surface area contributed by atoms with Crippen LogP contribution in [0.25, 0.3) is 0 Å². The van der Waals surface area contributed by atoms with Crippen molar-refractivity contribution in [3.05, 3.63) is 47.6 Å². The highest BCUT2D eigenvalue weighted by Crippen LogP contribution is 2.53. The molecule has 0 amide bonds. The molecule has 88 valence electrons. The number of rotatable bonds is 4. The number of benzene rings is 1. The van der Waals surface area contributed by atoms with Gasteiger partial charge in [-0.05, 0) is 24.9 Å². The Bertz CT molecular complexity index is 494. The van der Waals surface area contributed by atoms with Crippen LogP contribution in [0.4, 0.5) is 0 Å². The van der Waals surface area contributed by atoms with Crippen LogP contribution in [0, 0.1) is 0 Å². The molecule has 0 radical (unpaired) electrons. The van der Waals surface area contributed by atoms with E-state index in [1.165, 1.54) is 5.56 Å². The topological polar surface area (TPSA) is 51.0 Å². The van der Waals surface area contributed by atoms with Crippen LogP contribution < -0.4 is 5.32 Å². The summed E-state index contributed by atoms with van der Waals surface area (Å²) in [5.41, 5.74) is 1.37. The summed E-state index contributed by atoms with van der Waals surface area (Å²) in [5, 5.41) is 6.96. The van der Waals surface area contributed by atoms with Gasteiger partial charge in [0.15, 0.2) is 5.82 Å². The van der Waals surface area contributed by atoms with Gasteiger partial charge >= 0.3 is 0 Å². The van der Waals surface area contributed by atoms with Gasteiger partial charge in [0.05, 0.1) is 6.54 Å². The van der Waals surface area contributed by atoms with Gasteiger partial charge in [-0.1, -0.05) is 35.5 Å². The maximum Gasteiger partial charge on any atom is 0.230 e. The molecule has 2 unspecified atom stereocenters. The van der Waals surface area contributed by atoms with Crippen LogP contribution in [0.15, 0.2) is 34.9 Å². The van der Waals surface area contributed by atoms with Crippen LogP contribution >= 0.6 is 0 Å². The molecule has 1 aromatic carbocycles. The summed E-state index contributed by atoms with van der Waals surface area (Å²) in [5.74, 6) is 2.49. The van der Waals surface area contributed by atoms with Gasteiger partial charge in [0.1, 0.15) is 0 Å². The van der Waals surface area contributed by atoms with E-state index >= 15 is 0 Å². The molecule has 1 N–H and O–H groups in total. The molecule has 2 atom stereocenters. The highest BCUT2D eigenvalue weighted by atomic mass is 16.5. The van der Waals surface area contributed by atoms with E-state index in [0.717, 1.165) is 18.1 Å². The predicted octanol–water partition coefficient (Wildman–Crippen LogP) is 2.06. The Morgan fingerprint density at radius 2 is 2.12 bits per heavy atom. The number of hydrogen-bond donors (Lipinski definition) is 1. The maximum atomic E-state index is 5.29. The Balaban J connectivity index is 1.71. The highest BCUT2D eigenvalue weighted by molar-refractivity contribution is 5.30. The number of hydrogen-bond acceptors (Lipinski definition) is 4. The number of nitrogens with one attached hydrogen (secondary N) is 1. The van der Waals surface area contributed by atoms with E-state index in [1.54, 1.807) is 0 Å². The summed E-state index contributed by atoms with van der Waals surface area (Å²) in [7, 11) is 1.87. The van der Waals surface area contributed by atoms with Gasteiger partial charge in [-0.15, -0.1) is 0 Å². The van der Waals surface area contributed by atoms with Crippen LogP contribution in [0.2, 0.25) is 0 Å². The van der Waals surface area contributed by atoms with E-state index in [1.807, 2.05) is 13.1 Å². The molecule has 1 aromatic heterocycles. The molecule has 2 aromatic rings. The van der Waals surface area contributed by atoms with Crippen molar-refractivity contribution in [1.82, 2.24) is 15.5 Å². The fourth-order valence-corrected chi connectivity index (χ4v) is 2.18. The van der Waals surface area contributed by atoms with Crippen LogP contribution in [0.5, 0.6) is 0 Å². The van der Waals surface area contributed by atoms with Crippen molar-refractivity contribution in [3.8, 4) is 0 Å². The molecule has 1 aliphatic carbocycles. The molecular formula is C13H15N3O. The van der Waals surface area contributed by atoms with E-state index < -0.39 is 0 Å². The second-order valence-corrected chi connectivity index (χ2v) is 4.44. The van der Waals surface area contributed by atoms with Crippen LogP contribution in [0.3, 0.4) is 0 Å². The smallest absolute Gasteiger partial charge is 0.230 e. The van der Waals surface area contributed by atoms with Crippen molar-refractivity contribution in [2.24, 2.45) is 0 Å². The normalized spacial score (nSPS) is 22.6. The lowest BCUT2D eigenvalue weighted by Gasteiger charge is -1.96. The third-order valence-corrected chi connectivity index (χ3v) is 3.15. The summed E-state index contributed by atoms with van der Waals surface area (Å²) in [6.07, 6.45) is 1.12. The Labute approximate surface area is 100 Å². The minimum Gasteiger partial charge on any atom is -0.339 e. The van der Waals surface area contributed by atoms with Gasteiger partial charge in [0, 0.05) is 5.92 Å². The largest absolute Gasteiger partial charge is 0.339 e. The van der Waals surface area contributed by atoms with Crippen molar-refractivity contribution in [2.75, 3.05) is 7.05 Å². The average Bonchev–Trinajstić information content (AvgIpc) is 3.04. The SMILES string of the molecule is CNCc1noc(C2CC2c2ccccc2)n1. The summed E-state index contributed by atoms with van der Waals surface area (Å²) in [6, 6.07) is 10.5. The monoisotopic (exact) mass is 229 g/mol. The predicted molar refractivity (Wildman–Crippen MR) is 63.6 cm³/mol. The summed E-state index contributed by atoms with van der Waals surface area (Å²) >= 11 is 0. The van der Waals surface area contributed by atoms with Gasteiger partial charge in [-0.25, -0.2) is 0 Å². The van der Waals surface area contributed by atoms with Crippen molar-refractivity contribution >= 4 is 0 Å². The molecule has 0 bridgehead atoms. The first-order valence-electron chi connectivity index (χ1n) is 5.90. The van der Waals surface area contributed by atoms with Gasteiger partial charge in [0.25, 0.3) is 0 Å². The van der Waals surface area contributed by atoms with Gasteiger partial charge in [-0.2, -0.15) is 4.98 Å². The Hall–Kier alpha value is -1.68. The van der Waals surface area contributed by atoms with Crippen LogP contribution in [-0.4, -0.2) is 17.2 Å². The molecule has 1 heterocycles. The van der Waals surface area contributed by atoms with Crippen LogP contribution in [0.1, 0.15) is 35.5 Å². The first-order valence-corrected chi connectivity index (χ1v) is 5.90. The first kappa shape index (κ1) is 10.5. The summed E-state index contributed by atoms with van der Waals surface area (Å²) < 4.78 is 5.29. The lowest BCUT2D eigenvalue weighted by Crippen LogP contribution is -2.06. The van der Waals surface area contributed by atoms with Gasteiger partial charge in [-0.3, -0.25) is 0 Å². The second-order valence-electron chi connectivity index (χ2n) is 4.44. The van der Waals surface area contributed by atoms with E-state index in [2.05, 4.69) is 39.7 Å². The third-order valence-electron chi connectivity index (χ3n) is 3.15. The van der Waals surface area contributed by atoms with Crippen molar-refractivity contribution in [2.45, 2.75) is 24.8 Å². The molecule has 4 heteroatoms. The molecule has 0 aliphatic heterocycles. The van der Waals surface area contributed by atoms with Gasteiger partial charge < -0.3 is 9.84 Å². The first-order chi connectivity index (χ1) is 8.38. The van der Waals surface area contributed by atoms with Crippen LogP contribution in [-0.2, 0) is 6.54 Å². The Morgan fingerprint density at radius 3 is 2.88 bits per heavy atom. The fraction of sp³-hybridized carbons (Fsp3) is 0.385. The zero-order valence-corrected chi connectivity index (χ0v) is 9.76. The van der Waals surface area contributed by atoms with Crippen molar-refractivity contribution in [1.29, 1.82) is 0 Å². The lowest BCUT2D eigenvalue weighted by molar-refractivity contribution is 0.372.